The summed E-state index contributed by atoms with van der Waals surface area (Å²) in [7, 11) is 3.00. The lowest BCUT2D eigenvalue weighted by Gasteiger charge is -2.22. The molecular weight excluding hydrogens is 398 g/mol. The molecule has 2 aromatic carbocycles. The van der Waals surface area contributed by atoms with Gasteiger partial charge in [-0.15, -0.1) is 0 Å². The zero-order valence-corrected chi connectivity index (χ0v) is 18.7. The van der Waals surface area contributed by atoms with Crippen LogP contribution in [0.25, 0.3) is 0 Å². The summed E-state index contributed by atoms with van der Waals surface area (Å²) >= 11 is 0. The van der Waals surface area contributed by atoms with Gasteiger partial charge in [0.05, 0.1) is 14.2 Å². The van der Waals surface area contributed by atoms with Crippen LogP contribution in [-0.2, 0) is 9.59 Å². The van der Waals surface area contributed by atoms with Crippen molar-refractivity contribution in [3.05, 3.63) is 47.5 Å². The number of carbonyl (C=O) groups excluding carboxylic acids is 3. The summed E-state index contributed by atoms with van der Waals surface area (Å²) in [6.07, 6.45) is 0. The molecule has 1 unspecified atom stereocenters. The average Bonchev–Trinajstić information content (AvgIpc) is 2.72. The van der Waals surface area contributed by atoms with Gasteiger partial charge in [-0.25, -0.2) is 0 Å². The van der Waals surface area contributed by atoms with Crippen molar-refractivity contribution in [1.29, 1.82) is 0 Å². The molecule has 0 saturated heterocycles. The molecule has 2 rings (SSSR count). The second-order valence-corrected chi connectivity index (χ2v) is 7.50. The van der Waals surface area contributed by atoms with Gasteiger partial charge in [-0.1, -0.05) is 13.8 Å². The summed E-state index contributed by atoms with van der Waals surface area (Å²) in [4.78, 5) is 37.0. The van der Waals surface area contributed by atoms with Gasteiger partial charge in [0.25, 0.3) is 5.91 Å². The largest absolute Gasteiger partial charge is 0.497 e. The Morgan fingerprint density at radius 2 is 1.52 bits per heavy atom. The molecule has 8 heteroatoms. The van der Waals surface area contributed by atoms with Crippen molar-refractivity contribution in [2.24, 2.45) is 5.92 Å². The number of hydrogen-bond donors (Lipinski definition) is 3. The minimum atomic E-state index is -0.764. The highest BCUT2D eigenvalue weighted by molar-refractivity contribution is 6.02. The van der Waals surface area contributed by atoms with Gasteiger partial charge in [0.1, 0.15) is 17.5 Å². The van der Waals surface area contributed by atoms with Gasteiger partial charge in [-0.3, -0.25) is 14.4 Å². The summed E-state index contributed by atoms with van der Waals surface area (Å²) < 4.78 is 10.4. The van der Waals surface area contributed by atoms with Crippen molar-refractivity contribution < 1.29 is 23.9 Å². The molecule has 3 amide bonds. The van der Waals surface area contributed by atoms with Gasteiger partial charge < -0.3 is 25.4 Å². The van der Waals surface area contributed by atoms with Crippen molar-refractivity contribution in [2.75, 3.05) is 24.9 Å². The van der Waals surface area contributed by atoms with E-state index in [0.29, 0.717) is 28.4 Å². The van der Waals surface area contributed by atoms with Gasteiger partial charge in [0.2, 0.25) is 11.8 Å². The van der Waals surface area contributed by atoms with Crippen LogP contribution >= 0.6 is 0 Å². The highest BCUT2D eigenvalue weighted by Crippen LogP contribution is 2.23. The number of benzene rings is 2. The molecule has 0 aliphatic carbocycles. The molecule has 3 N–H and O–H groups in total. The quantitative estimate of drug-likeness (QED) is 0.599. The van der Waals surface area contributed by atoms with Crippen molar-refractivity contribution in [2.45, 2.75) is 33.7 Å². The van der Waals surface area contributed by atoms with E-state index < -0.39 is 11.9 Å². The predicted molar refractivity (Wildman–Crippen MR) is 120 cm³/mol. The summed E-state index contributed by atoms with van der Waals surface area (Å²) in [6, 6.07) is 9.24. The molecule has 31 heavy (non-hydrogen) atoms. The van der Waals surface area contributed by atoms with E-state index in [1.807, 2.05) is 20.8 Å². The number of anilines is 2. The number of amides is 3. The van der Waals surface area contributed by atoms with Crippen LogP contribution in [-0.4, -0.2) is 38.0 Å². The van der Waals surface area contributed by atoms with Crippen LogP contribution in [0.3, 0.4) is 0 Å². The van der Waals surface area contributed by atoms with Crippen LogP contribution in [0.1, 0.15) is 36.7 Å². The summed E-state index contributed by atoms with van der Waals surface area (Å²) in [5.41, 5.74) is 2.37. The van der Waals surface area contributed by atoms with E-state index >= 15 is 0 Å². The summed E-state index contributed by atoms with van der Waals surface area (Å²) in [5.74, 6) is -0.129. The Balaban J connectivity index is 2.17. The Labute approximate surface area is 182 Å². The lowest BCUT2D eigenvalue weighted by molar-refractivity contribution is -0.119. The smallest absolute Gasteiger partial charge is 0.252 e. The van der Waals surface area contributed by atoms with Gasteiger partial charge in [0, 0.05) is 29.9 Å². The molecule has 0 fully saturated rings. The minimum Gasteiger partial charge on any atom is -0.497 e. The van der Waals surface area contributed by atoms with E-state index in [4.69, 9.17) is 9.47 Å². The van der Waals surface area contributed by atoms with Crippen molar-refractivity contribution in [3.8, 4) is 11.5 Å². The lowest BCUT2D eigenvalue weighted by atomic mass is 10.0. The number of aryl methyl sites for hydroxylation is 1. The standard InChI is InChI=1S/C23H29N3O5/c1-13(2)21(26-22(28)16-10-18(30-5)12-19(11-16)31-6)23(29)25-17-7-8-20(14(3)9-17)24-15(4)27/h7-13,21H,1-6H3,(H,24,27)(H,25,29)(H,26,28). The Morgan fingerprint density at radius 1 is 0.903 bits per heavy atom. The van der Waals surface area contributed by atoms with E-state index in [-0.39, 0.29) is 17.7 Å². The molecule has 0 aromatic heterocycles. The van der Waals surface area contributed by atoms with Gasteiger partial charge >= 0.3 is 0 Å². The Hall–Kier alpha value is -3.55. The van der Waals surface area contributed by atoms with Crippen LogP contribution in [0.5, 0.6) is 11.5 Å². The van der Waals surface area contributed by atoms with Crippen molar-refractivity contribution >= 4 is 29.1 Å². The molecule has 2 aromatic rings. The molecular formula is C23H29N3O5. The number of methoxy groups -OCH3 is 2. The fourth-order valence-electron chi connectivity index (χ4n) is 2.99. The number of nitrogens with one attached hydrogen (secondary N) is 3. The van der Waals surface area contributed by atoms with Crippen molar-refractivity contribution in [1.82, 2.24) is 5.32 Å². The second-order valence-electron chi connectivity index (χ2n) is 7.50. The first kappa shape index (κ1) is 23.7. The first-order valence-corrected chi connectivity index (χ1v) is 9.87. The molecule has 0 aliphatic rings. The average molecular weight is 428 g/mol. The molecule has 1 atom stereocenters. The summed E-state index contributed by atoms with van der Waals surface area (Å²) in [6.45, 7) is 6.96. The number of rotatable bonds is 8. The predicted octanol–water partition coefficient (Wildman–Crippen LogP) is 3.36. The third-order valence-electron chi connectivity index (χ3n) is 4.65. The van der Waals surface area contributed by atoms with E-state index in [1.54, 1.807) is 36.4 Å². The maximum Gasteiger partial charge on any atom is 0.252 e. The topological polar surface area (TPSA) is 106 Å². The van der Waals surface area contributed by atoms with Crippen LogP contribution in [0, 0.1) is 12.8 Å². The molecule has 0 heterocycles. The monoisotopic (exact) mass is 427 g/mol. The zero-order chi connectivity index (χ0) is 23.1. The molecule has 0 saturated carbocycles. The molecule has 0 bridgehead atoms. The van der Waals surface area contributed by atoms with E-state index in [9.17, 15) is 14.4 Å². The zero-order valence-electron chi connectivity index (χ0n) is 18.7. The number of ether oxygens (including phenoxy) is 2. The Kier molecular flexibility index (Phi) is 8.01. The molecule has 0 radical (unpaired) electrons. The van der Waals surface area contributed by atoms with E-state index in [2.05, 4.69) is 16.0 Å². The fourth-order valence-corrected chi connectivity index (χ4v) is 2.99. The highest BCUT2D eigenvalue weighted by atomic mass is 16.5. The lowest BCUT2D eigenvalue weighted by Crippen LogP contribution is -2.47. The van der Waals surface area contributed by atoms with Crippen LogP contribution in [0.15, 0.2) is 36.4 Å². The van der Waals surface area contributed by atoms with Gasteiger partial charge in [0.15, 0.2) is 0 Å². The van der Waals surface area contributed by atoms with E-state index in [1.165, 1.54) is 21.1 Å². The second kappa shape index (κ2) is 10.5. The van der Waals surface area contributed by atoms with Crippen molar-refractivity contribution in [3.63, 3.8) is 0 Å². The van der Waals surface area contributed by atoms with Crippen LogP contribution in [0.2, 0.25) is 0 Å². The summed E-state index contributed by atoms with van der Waals surface area (Å²) in [5, 5.41) is 8.35. The fraction of sp³-hybridized carbons (Fsp3) is 0.348. The Morgan fingerprint density at radius 3 is 2.00 bits per heavy atom. The van der Waals surface area contributed by atoms with Crippen LogP contribution in [0.4, 0.5) is 11.4 Å². The molecule has 0 spiro atoms. The Bertz CT molecular complexity index is 949. The minimum absolute atomic E-state index is 0.156. The third-order valence-corrected chi connectivity index (χ3v) is 4.65. The molecule has 166 valence electrons. The number of carbonyl (C=O) groups is 3. The molecule has 8 nitrogen and oxygen atoms in total. The highest BCUT2D eigenvalue weighted by Gasteiger charge is 2.25. The SMILES string of the molecule is COc1cc(OC)cc(C(=O)NC(C(=O)Nc2ccc(NC(C)=O)c(C)c2)C(C)C)c1. The maximum atomic E-state index is 12.9. The van der Waals surface area contributed by atoms with Crippen LogP contribution < -0.4 is 25.4 Å². The van der Waals surface area contributed by atoms with E-state index in [0.717, 1.165) is 5.56 Å². The first-order valence-electron chi connectivity index (χ1n) is 9.87. The maximum absolute atomic E-state index is 12.9. The normalized spacial score (nSPS) is 11.5. The number of hydrogen-bond acceptors (Lipinski definition) is 5. The third kappa shape index (κ3) is 6.47. The molecule has 0 aliphatic heterocycles. The first-order chi connectivity index (χ1) is 14.6. The van der Waals surface area contributed by atoms with Gasteiger partial charge in [-0.2, -0.15) is 0 Å². The van der Waals surface area contributed by atoms with Gasteiger partial charge in [-0.05, 0) is 48.7 Å².